The molecule has 0 saturated carbocycles. The second-order valence-electron chi connectivity index (χ2n) is 8.96. The molecule has 1 aliphatic heterocycles. The number of nitrogens with zero attached hydrogens (tertiary/aromatic N) is 4. The highest BCUT2D eigenvalue weighted by molar-refractivity contribution is 6.36. The van der Waals surface area contributed by atoms with Crippen LogP contribution in [0.1, 0.15) is 24.0 Å². The maximum atomic E-state index is 13.0. The molecule has 2 aromatic heterocycles. The van der Waals surface area contributed by atoms with Crippen LogP contribution in [0.4, 0.5) is 19.0 Å². The van der Waals surface area contributed by atoms with E-state index in [1.165, 1.54) is 12.1 Å². The molecule has 1 fully saturated rings. The Morgan fingerprint density at radius 2 is 1.83 bits per heavy atom. The molecule has 0 amide bonds. The van der Waals surface area contributed by atoms with Crippen LogP contribution in [-0.2, 0) is 12.7 Å². The van der Waals surface area contributed by atoms with Gasteiger partial charge in [-0.05, 0) is 36.0 Å². The molecular formula is C25H24BClF3N5. The van der Waals surface area contributed by atoms with E-state index in [1.807, 2.05) is 42.7 Å². The second kappa shape index (κ2) is 9.55. The smallest absolute Gasteiger partial charge is 0.367 e. The van der Waals surface area contributed by atoms with Gasteiger partial charge in [0.2, 0.25) is 0 Å². The number of fused-ring (bicyclic) bond motifs is 1. The fraction of sp³-hybridized carbons (Fsp3) is 0.280. The SMILES string of the molecule is Bc1cnn2c(NC3CCN(Cc4cccc(C(F)(F)F)c4)CC3)cc(-c3ccccc3Cl)nc12. The van der Waals surface area contributed by atoms with Crippen molar-refractivity contribution in [3.63, 3.8) is 0 Å². The van der Waals surface area contributed by atoms with Crippen LogP contribution in [0.25, 0.3) is 16.9 Å². The van der Waals surface area contributed by atoms with Gasteiger partial charge in [-0.2, -0.15) is 22.8 Å². The van der Waals surface area contributed by atoms with Gasteiger partial charge >= 0.3 is 6.18 Å². The maximum absolute atomic E-state index is 13.0. The average Bonchev–Trinajstić information content (AvgIpc) is 3.21. The summed E-state index contributed by atoms with van der Waals surface area (Å²) >= 11 is 6.43. The van der Waals surface area contributed by atoms with Crippen molar-refractivity contribution in [2.24, 2.45) is 0 Å². The molecule has 10 heteroatoms. The van der Waals surface area contributed by atoms with Gasteiger partial charge in [0.15, 0.2) is 5.65 Å². The number of alkyl halides is 3. The lowest BCUT2D eigenvalue weighted by molar-refractivity contribution is -0.137. The Bertz CT molecular complexity index is 1350. The van der Waals surface area contributed by atoms with Gasteiger partial charge in [0.1, 0.15) is 13.7 Å². The van der Waals surface area contributed by atoms with Crippen molar-refractivity contribution in [3.8, 4) is 11.3 Å². The van der Waals surface area contributed by atoms with E-state index >= 15 is 0 Å². The van der Waals surface area contributed by atoms with Gasteiger partial charge in [0.05, 0.1) is 11.3 Å². The molecule has 5 nitrogen and oxygen atoms in total. The summed E-state index contributed by atoms with van der Waals surface area (Å²) in [5.41, 5.74) is 3.45. The van der Waals surface area contributed by atoms with Gasteiger partial charge in [-0.1, -0.05) is 48.0 Å². The number of aromatic nitrogens is 3. The zero-order valence-electron chi connectivity index (χ0n) is 19.2. The van der Waals surface area contributed by atoms with Crippen LogP contribution in [0.2, 0.25) is 5.02 Å². The highest BCUT2D eigenvalue weighted by Crippen LogP contribution is 2.31. The van der Waals surface area contributed by atoms with Gasteiger partial charge in [0.25, 0.3) is 0 Å². The number of hydrogen-bond donors (Lipinski definition) is 1. The van der Waals surface area contributed by atoms with Crippen LogP contribution in [0, 0.1) is 0 Å². The summed E-state index contributed by atoms with van der Waals surface area (Å²) in [5, 5.41) is 8.75. The van der Waals surface area contributed by atoms with Crippen molar-refractivity contribution in [1.82, 2.24) is 19.5 Å². The molecule has 5 rings (SSSR count). The third-order valence-corrected chi connectivity index (χ3v) is 6.73. The van der Waals surface area contributed by atoms with Crippen LogP contribution < -0.4 is 10.8 Å². The van der Waals surface area contributed by atoms with Crippen molar-refractivity contribution in [2.45, 2.75) is 31.6 Å². The Balaban J connectivity index is 1.30. The van der Waals surface area contributed by atoms with E-state index in [1.54, 1.807) is 12.3 Å². The van der Waals surface area contributed by atoms with Crippen molar-refractivity contribution in [1.29, 1.82) is 0 Å². The van der Waals surface area contributed by atoms with Gasteiger partial charge < -0.3 is 5.32 Å². The first-order valence-electron chi connectivity index (χ1n) is 11.5. The van der Waals surface area contributed by atoms with E-state index in [4.69, 9.17) is 16.6 Å². The van der Waals surface area contributed by atoms with Crippen molar-refractivity contribution < 1.29 is 13.2 Å². The summed E-state index contributed by atoms with van der Waals surface area (Å²) in [6, 6.07) is 15.4. The predicted octanol–water partition coefficient (Wildman–Crippen LogP) is 4.40. The number of rotatable bonds is 5. The Labute approximate surface area is 207 Å². The summed E-state index contributed by atoms with van der Waals surface area (Å²) in [5.74, 6) is 0.842. The molecule has 3 heterocycles. The first-order valence-corrected chi connectivity index (χ1v) is 11.9. The topological polar surface area (TPSA) is 45.5 Å². The minimum Gasteiger partial charge on any atom is -0.367 e. The van der Waals surface area contributed by atoms with Crippen molar-refractivity contribution >= 4 is 36.4 Å². The molecule has 180 valence electrons. The van der Waals surface area contributed by atoms with Gasteiger partial charge in [-0.3, -0.25) is 4.90 Å². The molecule has 1 aliphatic rings. The first-order chi connectivity index (χ1) is 16.8. The minimum absolute atomic E-state index is 0.210. The fourth-order valence-corrected chi connectivity index (χ4v) is 4.76. The summed E-state index contributed by atoms with van der Waals surface area (Å²) < 4.78 is 40.9. The third-order valence-electron chi connectivity index (χ3n) is 6.40. The number of halogens is 4. The van der Waals surface area contributed by atoms with Crippen molar-refractivity contribution in [3.05, 3.63) is 76.9 Å². The number of piperidine rings is 1. The lowest BCUT2D eigenvalue weighted by Crippen LogP contribution is -2.39. The molecule has 0 unspecified atom stereocenters. The van der Waals surface area contributed by atoms with E-state index in [0.717, 1.165) is 60.2 Å². The maximum Gasteiger partial charge on any atom is 0.416 e. The molecule has 0 bridgehead atoms. The highest BCUT2D eigenvalue weighted by Gasteiger charge is 2.30. The summed E-state index contributed by atoms with van der Waals surface area (Å²) in [6.45, 7) is 2.08. The van der Waals surface area contributed by atoms with Crippen LogP contribution in [0.15, 0.2) is 60.8 Å². The van der Waals surface area contributed by atoms with Gasteiger partial charge in [0, 0.05) is 48.5 Å². The standard InChI is InChI=1S/C25H24BClF3N5/c26-20-14-31-35-23(13-22(33-24(20)35)19-6-1-2-7-21(19)27)32-18-8-10-34(11-9-18)15-16-4-3-5-17(12-16)25(28,29)30/h1-7,12-14,18,32H,8-11,15,26H2. The molecule has 1 N–H and O–H groups in total. The van der Waals surface area contributed by atoms with Crippen LogP contribution in [0.3, 0.4) is 0 Å². The molecule has 0 aliphatic carbocycles. The molecule has 4 aromatic rings. The summed E-state index contributed by atoms with van der Waals surface area (Å²) in [7, 11) is 1.97. The van der Waals surface area contributed by atoms with Crippen LogP contribution >= 0.6 is 11.6 Å². The Morgan fingerprint density at radius 1 is 1.06 bits per heavy atom. The summed E-state index contributed by atoms with van der Waals surface area (Å²) in [6.07, 6.45) is -0.799. The molecule has 0 atom stereocenters. The Kier molecular flexibility index (Phi) is 6.46. The number of benzene rings is 2. The van der Waals surface area contributed by atoms with E-state index < -0.39 is 11.7 Å². The van der Waals surface area contributed by atoms with E-state index in [-0.39, 0.29) is 6.04 Å². The third kappa shape index (κ3) is 5.16. The fourth-order valence-electron chi connectivity index (χ4n) is 4.53. The number of hydrogen-bond acceptors (Lipinski definition) is 4. The Hall–Kier alpha value is -3.04. The van der Waals surface area contributed by atoms with Crippen LogP contribution in [-0.4, -0.2) is 46.5 Å². The minimum atomic E-state index is -4.32. The second-order valence-corrected chi connectivity index (χ2v) is 9.37. The zero-order valence-corrected chi connectivity index (χ0v) is 19.9. The van der Waals surface area contributed by atoms with Gasteiger partial charge in [-0.15, -0.1) is 0 Å². The Morgan fingerprint density at radius 3 is 2.57 bits per heavy atom. The van der Waals surface area contributed by atoms with E-state index in [9.17, 15) is 13.2 Å². The lowest BCUT2D eigenvalue weighted by atomic mass is 10.0. The lowest BCUT2D eigenvalue weighted by Gasteiger charge is -2.33. The molecule has 0 radical (unpaired) electrons. The normalized spacial score (nSPS) is 15.5. The summed E-state index contributed by atoms with van der Waals surface area (Å²) in [4.78, 5) is 6.99. The monoisotopic (exact) mass is 497 g/mol. The van der Waals surface area contributed by atoms with E-state index in [2.05, 4.69) is 15.3 Å². The van der Waals surface area contributed by atoms with Crippen LogP contribution in [0.5, 0.6) is 0 Å². The molecule has 2 aromatic carbocycles. The van der Waals surface area contributed by atoms with Crippen molar-refractivity contribution in [2.75, 3.05) is 18.4 Å². The van der Waals surface area contributed by atoms with E-state index in [0.29, 0.717) is 17.1 Å². The first kappa shape index (κ1) is 23.7. The van der Waals surface area contributed by atoms with Gasteiger partial charge in [-0.25, -0.2) is 4.98 Å². The number of likely N-dealkylation sites (tertiary alicyclic amines) is 1. The predicted molar refractivity (Wildman–Crippen MR) is 135 cm³/mol. The highest BCUT2D eigenvalue weighted by atomic mass is 35.5. The zero-order chi connectivity index (χ0) is 24.6. The average molecular weight is 498 g/mol. The molecule has 0 spiro atoms. The molecule has 1 saturated heterocycles. The largest absolute Gasteiger partial charge is 0.416 e. The quantitative estimate of drug-likeness (QED) is 0.415. The molecular weight excluding hydrogens is 474 g/mol. The number of nitrogens with one attached hydrogen (secondary N) is 1. The molecule has 35 heavy (non-hydrogen) atoms. The number of anilines is 1.